The van der Waals surface area contributed by atoms with E-state index in [1.165, 1.54) is 17.7 Å². The number of benzene rings is 1. The van der Waals surface area contributed by atoms with E-state index in [4.69, 9.17) is 4.74 Å². The Kier molecular flexibility index (Phi) is 8.76. The molecule has 3 heteroatoms. The van der Waals surface area contributed by atoms with Crippen LogP contribution in [0.3, 0.4) is 0 Å². The fourth-order valence-corrected chi connectivity index (χ4v) is 2.88. The Balaban J connectivity index is 2.57. The summed E-state index contributed by atoms with van der Waals surface area (Å²) in [5.41, 5.74) is 1.36. The van der Waals surface area contributed by atoms with Gasteiger partial charge < -0.3 is 10.1 Å². The second-order valence-electron chi connectivity index (χ2n) is 4.60. The summed E-state index contributed by atoms with van der Waals surface area (Å²) >= 11 is 2.02. The fourth-order valence-electron chi connectivity index (χ4n) is 1.88. The molecule has 0 aliphatic rings. The largest absolute Gasteiger partial charge is 0.494 e. The zero-order valence-corrected chi connectivity index (χ0v) is 13.3. The van der Waals surface area contributed by atoms with Gasteiger partial charge in [-0.25, -0.2) is 0 Å². The van der Waals surface area contributed by atoms with E-state index >= 15 is 0 Å². The third kappa shape index (κ3) is 6.35. The van der Waals surface area contributed by atoms with Gasteiger partial charge in [0.25, 0.3) is 0 Å². The minimum atomic E-state index is 0.446. The quantitative estimate of drug-likeness (QED) is 0.647. The highest BCUT2D eigenvalue weighted by Gasteiger charge is 2.10. The van der Waals surface area contributed by atoms with Gasteiger partial charge in [0.05, 0.1) is 6.61 Å². The molecule has 0 saturated carbocycles. The Morgan fingerprint density at radius 3 is 2.42 bits per heavy atom. The van der Waals surface area contributed by atoms with Crippen LogP contribution in [0.2, 0.25) is 0 Å². The average molecular weight is 281 g/mol. The highest BCUT2D eigenvalue weighted by molar-refractivity contribution is 7.99. The highest BCUT2D eigenvalue weighted by Crippen LogP contribution is 2.21. The zero-order chi connectivity index (χ0) is 13.9. The molecule has 0 radical (unpaired) electrons. The molecule has 0 aliphatic heterocycles. The minimum Gasteiger partial charge on any atom is -0.494 e. The SMILES string of the molecule is CCCOc1ccc(C(CSCCC)NCC)cc1. The molecule has 0 amide bonds. The Labute approximate surface area is 122 Å². The maximum Gasteiger partial charge on any atom is 0.119 e. The van der Waals surface area contributed by atoms with Gasteiger partial charge in [-0.3, -0.25) is 0 Å². The van der Waals surface area contributed by atoms with E-state index in [9.17, 15) is 0 Å². The van der Waals surface area contributed by atoms with Gasteiger partial charge in [0, 0.05) is 11.8 Å². The Morgan fingerprint density at radius 1 is 1.11 bits per heavy atom. The van der Waals surface area contributed by atoms with Gasteiger partial charge in [-0.05, 0) is 42.8 Å². The Morgan fingerprint density at radius 2 is 1.84 bits per heavy atom. The smallest absolute Gasteiger partial charge is 0.119 e. The lowest BCUT2D eigenvalue weighted by Gasteiger charge is -2.18. The van der Waals surface area contributed by atoms with Crippen LogP contribution in [0.25, 0.3) is 0 Å². The second-order valence-corrected chi connectivity index (χ2v) is 5.75. The molecule has 0 aromatic heterocycles. The van der Waals surface area contributed by atoms with Gasteiger partial charge in [0.2, 0.25) is 0 Å². The van der Waals surface area contributed by atoms with Crippen LogP contribution in [0.5, 0.6) is 5.75 Å². The molecule has 2 nitrogen and oxygen atoms in total. The maximum atomic E-state index is 5.62. The highest BCUT2D eigenvalue weighted by atomic mass is 32.2. The van der Waals surface area contributed by atoms with Crippen molar-refractivity contribution >= 4 is 11.8 Å². The van der Waals surface area contributed by atoms with Crippen molar-refractivity contribution in [2.75, 3.05) is 24.7 Å². The first kappa shape index (κ1) is 16.4. The molecule has 0 bridgehead atoms. The molecule has 1 N–H and O–H groups in total. The first-order chi connectivity index (χ1) is 9.31. The number of ether oxygens (including phenoxy) is 1. The van der Waals surface area contributed by atoms with Gasteiger partial charge >= 0.3 is 0 Å². The van der Waals surface area contributed by atoms with Gasteiger partial charge in [-0.1, -0.05) is 32.9 Å². The number of nitrogens with one attached hydrogen (secondary N) is 1. The van der Waals surface area contributed by atoms with Crippen LogP contribution >= 0.6 is 11.8 Å². The molecule has 1 rings (SSSR count). The normalized spacial score (nSPS) is 12.4. The molecular weight excluding hydrogens is 254 g/mol. The number of thioether (sulfide) groups is 1. The van der Waals surface area contributed by atoms with E-state index in [1.54, 1.807) is 0 Å². The van der Waals surface area contributed by atoms with E-state index in [0.29, 0.717) is 6.04 Å². The lowest BCUT2D eigenvalue weighted by Crippen LogP contribution is -2.23. The van der Waals surface area contributed by atoms with Crippen LogP contribution in [0, 0.1) is 0 Å². The first-order valence-electron chi connectivity index (χ1n) is 7.35. The van der Waals surface area contributed by atoms with E-state index < -0.39 is 0 Å². The van der Waals surface area contributed by atoms with Gasteiger partial charge in [-0.2, -0.15) is 11.8 Å². The molecule has 19 heavy (non-hydrogen) atoms. The predicted octanol–water partition coefficient (Wildman–Crippen LogP) is 4.27. The Hall–Kier alpha value is -0.670. The average Bonchev–Trinajstić information content (AvgIpc) is 2.45. The van der Waals surface area contributed by atoms with Crippen molar-refractivity contribution in [2.45, 2.75) is 39.7 Å². The standard InChI is InChI=1S/C16H27NOS/c1-4-11-18-15-9-7-14(8-10-15)16(17-6-3)13-19-12-5-2/h7-10,16-17H,4-6,11-13H2,1-3H3. The molecule has 1 aromatic rings. The van der Waals surface area contributed by atoms with Crippen molar-refractivity contribution in [1.29, 1.82) is 0 Å². The van der Waals surface area contributed by atoms with E-state index in [1.807, 2.05) is 11.8 Å². The second kappa shape index (κ2) is 10.2. The van der Waals surface area contributed by atoms with Gasteiger partial charge in [-0.15, -0.1) is 0 Å². The van der Waals surface area contributed by atoms with E-state index in [0.717, 1.165) is 31.1 Å². The minimum absolute atomic E-state index is 0.446. The predicted molar refractivity (Wildman–Crippen MR) is 86.3 cm³/mol. The molecule has 108 valence electrons. The zero-order valence-electron chi connectivity index (χ0n) is 12.4. The lowest BCUT2D eigenvalue weighted by molar-refractivity contribution is 0.317. The summed E-state index contributed by atoms with van der Waals surface area (Å²) in [5.74, 6) is 3.35. The summed E-state index contributed by atoms with van der Waals surface area (Å²) in [6, 6.07) is 8.98. The summed E-state index contributed by atoms with van der Waals surface area (Å²) in [6.07, 6.45) is 2.29. The molecule has 1 atom stereocenters. The molecule has 1 unspecified atom stereocenters. The summed E-state index contributed by atoms with van der Waals surface area (Å²) in [6.45, 7) is 8.32. The number of hydrogen-bond acceptors (Lipinski definition) is 3. The third-order valence-electron chi connectivity index (χ3n) is 2.84. The van der Waals surface area contributed by atoms with Crippen molar-refractivity contribution in [2.24, 2.45) is 0 Å². The summed E-state index contributed by atoms with van der Waals surface area (Å²) in [5, 5.41) is 3.56. The molecule has 0 fully saturated rings. The van der Waals surface area contributed by atoms with Gasteiger partial charge in [0.1, 0.15) is 5.75 Å². The third-order valence-corrected chi connectivity index (χ3v) is 4.10. The van der Waals surface area contributed by atoms with E-state index in [-0.39, 0.29) is 0 Å². The van der Waals surface area contributed by atoms with Crippen LogP contribution in [0.15, 0.2) is 24.3 Å². The monoisotopic (exact) mass is 281 g/mol. The number of hydrogen-bond donors (Lipinski definition) is 1. The van der Waals surface area contributed by atoms with Crippen LogP contribution in [-0.2, 0) is 0 Å². The molecule has 0 saturated heterocycles. The van der Waals surface area contributed by atoms with Crippen LogP contribution in [0.4, 0.5) is 0 Å². The molecule has 1 aromatic carbocycles. The van der Waals surface area contributed by atoms with Crippen molar-refractivity contribution in [3.8, 4) is 5.75 Å². The molecule has 0 aliphatic carbocycles. The van der Waals surface area contributed by atoms with Crippen LogP contribution in [0.1, 0.15) is 45.2 Å². The topological polar surface area (TPSA) is 21.3 Å². The molecule has 0 spiro atoms. The first-order valence-corrected chi connectivity index (χ1v) is 8.51. The Bertz CT molecular complexity index is 326. The summed E-state index contributed by atoms with van der Waals surface area (Å²) in [7, 11) is 0. The van der Waals surface area contributed by atoms with Gasteiger partial charge in [0.15, 0.2) is 0 Å². The van der Waals surface area contributed by atoms with Crippen molar-refractivity contribution in [3.63, 3.8) is 0 Å². The molecular formula is C16H27NOS. The maximum absolute atomic E-state index is 5.62. The van der Waals surface area contributed by atoms with E-state index in [2.05, 4.69) is 50.4 Å². The fraction of sp³-hybridized carbons (Fsp3) is 0.625. The van der Waals surface area contributed by atoms with Crippen LogP contribution < -0.4 is 10.1 Å². The molecule has 0 heterocycles. The lowest BCUT2D eigenvalue weighted by atomic mass is 10.1. The van der Waals surface area contributed by atoms with Crippen molar-refractivity contribution in [3.05, 3.63) is 29.8 Å². The van der Waals surface area contributed by atoms with Crippen molar-refractivity contribution < 1.29 is 4.74 Å². The van der Waals surface area contributed by atoms with Crippen molar-refractivity contribution in [1.82, 2.24) is 5.32 Å². The number of rotatable bonds is 10. The van der Waals surface area contributed by atoms with Crippen LogP contribution in [-0.4, -0.2) is 24.7 Å². The summed E-state index contributed by atoms with van der Waals surface area (Å²) < 4.78 is 5.62. The summed E-state index contributed by atoms with van der Waals surface area (Å²) in [4.78, 5) is 0.